The molecule has 1 aromatic rings. The number of rotatable bonds is 10. The summed E-state index contributed by atoms with van der Waals surface area (Å²) in [6.07, 6.45) is 4.70. The molecule has 0 unspecified atom stereocenters. The van der Waals surface area contributed by atoms with Crippen LogP contribution in [0.1, 0.15) is 25.7 Å². The SMILES string of the molecule is OCCNCCCCCCOc1ccccc1. The maximum absolute atomic E-state index is 8.57. The molecule has 3 nitrogen and oxygen atoms in total. The van der Waals surface area contributed by atoms with Gasteiger partial charge in [0.15, 0.2) is 0 Å². The van der Waals surface area contributed by atoms with Gasteiger partial charge in [0.1, 0.15) is 5.75 Å². The van der Waals surface area contributed by atoms with E-state index in [0.29, 0.717) is 6.54 Å². The summed E-state index contributed by atoms with van der Waals surface area (Å²) in [4.78, 5) is 0. The van der Waals surface area contributed by atoms with E-state index < -0.39 is 0 Å². The number of nitrogens with one attached hydrogen (secondary N) is 1. The van der Waals surface area contributed by atoms with Gasteiger partial charge in [-0.3, -0.25) is 0 Å². The van der Waals surface area contributed by atoms with Crippen molar-refractivity contribution in [3.8, 4) is 5.75 Å². The van der Waals surface area contributed by atoms with Crippen LogP contribution < -0.4 is 10.1 Å². The molecule has 0 aromatic heterocycles. The lowest BCUT2D eigenvalue weighted by Crippen LogP contribution is -2.19. The molecule has 96 valence electrons. The fourth-order valence-corrected chi connectivity index (χ4v) is 1.62. The van der Waals surface area contributed by atoms with Gasteiger partial charge < -0.3 is 15.2 Å². The molecule has 0 spiro atoms. The number of hydrogen-bond acceptors (Lipinski definition) is 3. The fourth-order valence-electron chi connectivity index (χ4n) is 1.62. The van der Waals surface area contributed by atoms with E-state index in [4.69, 9.17) is 9.84 Å². The molecule has 0 heterocycles. The van der Waals surface area contributed by atoms with Crippen molar-refractivity contribution >= 4 is 0 Å². The van der Waals surface area contributed by atoms with E-state index in [2.05, 4.69) is 5.32 Å². The van der Waals surface area contributed by atoms with E-state index in [-0.39, 0.29) is 6.61 Å². The molecular weight excluding hydrogens is 214 g/mol. The summed E-state index contributed by atoms with van der Waals surface area (Å²) in [5, 5.41) is 11.7. The zero-order valence-corrected chi connectivity index (χ0v) is 10.4. The van der Waals surface area contributed by atoms with E-state index in [1.165, 1.54) is 19.3 Å². The fraction of sp³-hybridized carbons (Fsp3) is 0.571. The lowest BCUT2D eigenvalue weighted by molar-refractivity contribution is 0.290. The Kier molecular flexibility index (Phi) is 8.33. The van der Waals surface area contributed by atoms with Crippen LogP contribution in [0.25, 0.3) is 0 Å². The predicted octanol–water partition coefficient (Wildman–Crippen LogP) is 2.21. The van der Waals surface area contributed by atoms with Crippen LogP contribution in [0, 0.1) is 0 Å². The number of hydrogen-bond donors (Lipinski definition) is 2. The summed E-state index contributed by atoms with van der Waals surface area (Å²) in [6.45, 7) is 2.73. The number of unbranched alkanes of at least 4 members (excludes halogenated alkanes) is 3. The van der Waals surface area contributed by atoms with Crippen molar-refractivity contribution in [1.82, 2.24) is 5.32 Å². The highest BCUT2D eigenvalue weighted by molar-refractivity contribution is 5.20. The third kappa shape index (κ3) is 7.77. The van der Waals surface area contributed by atoms with Gasteiger partial charge in [0, 0.05) is 6.54 Å². The highest BCUT2D eigenvalue weighted by Gasteiger charge is 1.93. The molecule has 2 N–H and O–H groups in total. The maximum atomic E-state index is 8.57. The van der Waals surface area contributed by atoms with Crippen LogP contribution in [0.2, 0.25) is 0 Å². The van der Waals surface area contributed by atoms with Gasteiger partial charge >= 0.3 is 0 Å². The number of ether oxygens (including phenoxy) is 1. The number of aliphatic hydroxyl groups excluding tert-OH is 1. The van der Waals surface area contributed by atoms with Gasteiger partial charge in [-0.25, -0.2) is 0 Å². The number of aliphatic hydroxyl groups is 1. The topological polar surface area (TPSA) is 41.5 Å². The standard InChI is InChI=1S/C14H23NO2/c16-12-11-15-10-6-1-2-7-13-17-14-8-4-3-5-9-14/h3-5,8-9,15-16H,1-2,6-7,10-13H2. The lowest BCUT2D eigenvalue weighted by Gasteiger charge is -2.06. The molecule has 0 aliphatic carbocycles. The molecule has 0 atom stereocenters. The minimum absolute atomic E-state index is 0.227. The van der Waals surface area contributed by atoms with Crippen LogP contribution in [0.15, 0.2) is 30.3 Å². The van der Waals surface area contributed by atoms with Gasteiger partial charge in [-0.1, -0.05) is 31.0 Å². The van der Waals surface area contributed by atoms with Crippen molar-refractivity contribution in [2.45, 2.75) is 25.7 Å². The van der Waals surface area contributed by atoms with Crippen molar-refractivity contribution in [3.05, 3.63) is 30.3 Å². The number of para-hydroxylation sites is 1. The molecule has 1 rings (SSSR count). The molecule has 0 radical (unpaired) electrons. The molecule has 1 aromatic carbocycles. The largest absolute Gasteiger partial charge is 0.494 e. The van der Waals surface area contributed by atoms with Crippen LogP contribution in [-0.2, 0) is 0 Å². The lowest BCUT2D eigenvalue weighted by atomic mass is 10.2. The second-order valence-electron chi connectivity index (χ2n) is 4.05. The van der Waals surface area contributed by atoms with Crippen molar-refractivity contribution in [3.63, 3.8) is 0 Å². The first-order valence-corrected chi connectivity index (χ1v) is 6.43. The van der Waals surface area contributed by atoms with Crippen LogP contribution >= 0.6 is 0 Å². The Morgan fingerprint density at radius 3 is 2.47 bits per heavy atom. The van der Waals surface area contributed by atoms with Gasteiger partial charge in [-0.15, -0.1) is 0 Å². The third-order valence-electron chi connectivity index (χ3n) is 2.55. The first-order chi connectivity index (χ1) is 8.43. The quantitative estimate of drug-likeness (QED) is 0.613. The Morgan fingerprint density at radius 2 is 1.71 bits per heavy atom. The summed E-state index contributed by atoms with van der Waals surface area (Å²) < 4.78 is 5.60. The van der Waals surface area contributed by atoms with Crippen LogP contribution in [-0.4, -0.2) is 31.4 Å². The van der Waals surface area contributed by atoms with E-state index >= 15 is 0 Å². The molecular formula is C14H23NO2. The predicted molar refractivity (Wildman–Crippen MR) is 70.4 cm³/mol. The highest BCUT2D eigenvalue weighted by atomic mass is 16.5. The molecule has 0 bridgehead atoms. The Bertz CT molecular complexity index is 264. The molecule has 0 amide bonds. The minimum Gasteiger partial charge on any atom is -0.494 e. The van der Waals surface area contributed by atoms with Crippen molar-refractivity contribution in [2.24, 2.45) is 0 Å². The summed E-state index contributed by atoms with van der Waals surface area (Å²) in [6, 6.07) is 9.94. The van der Waals surface area contributed by atoms with E-state index in [0.717, 1.165) is 25.3 Å². The van der Waals surface area contributed by atoms with E-state index in [1.807, 2.05) is 30.3 Å². The molecule has 0 aliphatic heterocycles. The van der Waals surface area contributed by atoms with Crippen molar-refractivity contribution < 1.29 is 9.84 Å². The first kappa shape index (κ1) is 14.0. The maximum Gasteiger partial charge on any atom is 0.119 e. The van der Waals surface area contributed by atoms with Crippen molar-refractivity contribution in [1.29, 1.82) is 0 Å². The monoisotopic (exact) mass is 237 g/mol. The average molecular weight is 237 g/mol. The zero-order valence-electron chi connectivity index (χ0n) is 10.4. The van der Waals surface area contributed by atoms with Crippen LogP contribution in [0.3, 0.4) is 0 Å². The highest BCUT2D eigenvalue weighted by Crippen LogP contribution is 2.09. The van der Waals surface area contributed by atoms with Gasteiger partial charge in [0.25, 0.3) is 0 Å². The average Bonchev–Trinajstić information content (AvgIpc) is 2.38. The van der Waals surface area contributed by atoms with Gasteiger partial charge in [0.2, 0.25) is 0 Å². The van der Waals surface area contributed by atoms with Crippen LogP contribution in [0.5, 0.6) is 5.75 Å². The second kappa shape index (κ2) is 10.1. The molecule has 0 saturated heterocycles. The molecule has 0 aliphatic rings. The molecule has 17 heavy (non-hydrogen) atoms. The first-order valence-electron chi connectivity index (χ1n) is 6.43. The number of benzene rings is 1. The van der Waals surface area contributed by atoms with Gasteiger partial charge in [-0.2, -0.15) is 0 Å². The summed E-state index contributed by atoms with van der Waals surface area (Å²) in [7, 11) is 0. The van der Waals surface area contributed by atoms with Gasteiger partial charge in [-0.05, 0) is 31.5 Å². The Labute approximate surface area is 104 Å². The molecule has 0 saturated carbocycles. The van der Waals surface area contributed by atoms with Crippen molar-refractivity contribution in [2.75, 3.05) is 26.3 Å². The molecule has 3 heteroatoms. The summed E-state index contributed by atoms with van der Waals surface area (Å²) in [5.74, 6) is 0.956. The Morgan fingerprint density at radius 1 is 0.941 bits per heavy atom. The summed E-state index contributed by atoms with van der Waals surface area (Å²) in [5.41, 5.74) is 0. The van der Waals surface area contributed by atoms with Gasteiger partial charge in [0.05, 0.1) is 13.2 Å². The van der Waals surface area contributed by atoms with Crippen LogP contribution in [0.4, 0.5) is 0 Å². The zero-order chi connectivity index (χ0) is 12.2. The summed E-state index contributed by atoms with van der Waals surface area (Å²) >= 11 is 0. The normalized spacial score (nSPS) is 10.4. The molecule has 0 fully saturated rings. The minimum atomic E-state index is 0.227. The Balaban J connectivity index is 1.85. The smallest absolute Gasteiger partial charge is 0.119 e. The Hall–Kier alpha value is -1.06. The van der Waals surface area contributed by atoms with E-state index in [1.54, 1.807) is 0 Å². The van der Waals surface area contributed by atoms with E-state index in [9.17, 15) is 0 Å². The third-order valence-corrected chi connectivity index (χ3v) is 2.55. The second-order valence-corrected chi connectivity index (χ2v) is 4.05.